The SMILES string of the molecule is CCOC(=O)CCNC(=N)NC(=N)NC. The Bertz CT molecular complexity index is 241. The van der Waals surface area contributed by atoms with Gasteiger partial charge in [0.25, 0.3) is 0 Å². The summed E-state index contributed by atoms with van der Waals surface area (Å²) in [5, 5.41) is 22.0. The van der Waals surface area contributed by atoms with Gasteiger partial charge in [0, 0.05) is 13.6 Å². The number of hydrogen-bond acceptors (Lipinski definition) is 4. The number of esters is 1. The van der Waals surface area contributed by atoms with Crippen LogP contribution in [0.4, 0.5) is 0 Å². The molecular weight excluding hydrogens is 198 g/mol. The van der Waals surface area contributed by atoms with E-state index in [4.69, 9.17) is 15.6 Å². The van der Waals surface area contributed by atoms with Crippen LogP contribution in [-0.4, -0.2) is 38.1 Å². The number of guanidine groups is 2. The Hall–Kier alpha value is -1.79. The Labute approximate surface area is 88.6 Å². The fraction of sp³-hybridized carbons (Fsp3) is 0.625. The molecule has 0 heterocycles. The molecule has 0 fully saturated rings. The average molecular weight is 215 g/mol. The van der Waals surface area contributed by atoms with E-state index in [1.165, 1.54) is 0 Å². The smallest absolute Gasteiger partial charge is 0.307 e. The second-order valence-electron chi connectivity index (χ2n) is 2.61. The van der Waals surface area contributed by atoms with E-state index in [-0.39, 0.29) is 24.3 Å². The molecule has 0 bridgehead atoms. The van der Waals surface area contributed by atoms with Crippen molar-refractivity contribution in [3.05, 3.63) is 0 Å². The van der Waals surface area contributed by atoms with E-state index < -0.39 is 0 Å². The lowest BCUT2D eigenvalue weighted by atomic mass is 10.4. The van der Waals surface area contributed by atoms with Gasteiger partial charge in [0.1, 0.15) is 0 Å². The zero-order valence-corrected chi connectivity index (χ0v) is 8.94. The van der Waals surface area contributed by atoms with Crippen LogP contribution in [0.15, 0.2) is 0 Å². The summed E-state index contributed by atoms with van der Waals surface area (Å²) in [4.78, 5) is 10.9. The quantitative estimate of drug-likeness (QED) is 0.240. The molecular formula is C8H17N5O2. The molecule has 0 aromatic carbocycles. The van der Waals surface area contributed by atoms with E-state index in [1.54, 1.807) is 14.0 Å². The summed E-state index contributed by atoms with van der Waals surface area (Å²) < 4.78 is 4.70. The molecule has 15 heavy (non-hydrogen) atoms. The summed E-state index contributed by atoms with van der Waals surface area (Å²) >= 11 is 0. The molecule has 5 N–H and O–H groups in total. The number of nitrogens with one attached hydrogen (secondary N) is 5. The molecule has 0 spiro atoms. The largest absolute Gasteiger partial charge is 0.466 e. The van der Waals surface area contributed by atoms with Gasteiger partial charge in [-0.2, -0.15) is 0 Å². The van der Waals surface area contributed by atoms with Crippen molar-refractivity contribution in [1.82, 2.24) is 16.0 Å². The van der Waals surface area contributed by atoms with Gasteiger partial charge in [0.2, 0.25) is 0 Å². The van der Waals surface area contributed by atoms with Crippen LogP contribution in [0.25, 0.3) is 0 Å². The molecule has 0 saturated carbocycles. The highest BCUT2D eigenvalue weighted by Crippen LogP contribution is 1.83. The van der Waals surface area contributed by atoms with Crippen molar-refractivity contribution in [2.24, 2.45) is 0 Å². The van der Waals surface area contributed by atoms with Gasteiger partial charge >= 0.3 is 5.97 Å². The number of carbonyl (C=O) groups is 1. The first-order valence-electron chi connectivity index (χ1n) is 4.61. The lowest BCUT2D eigenvalue weighted by Crippen LogP contribution is -2.45. The first kappa shape index (κ1) is 13.2. The van der Waals surface area contributed by atoms with Crippen molar-refractivity contribution in [3.63, 3.8) is 0 Å². The van der Waals surface area contributed by atoms with Crippen LogP contribution in [-0.2, 0) is 9.53 Å². The highest BCUT2D eigenvalue weighted by atomic mass is 16.5. The Morgan fingerprint density at radius 2 is 2.00 bits per heavy atom. The molecule has 0 unspecified atom stereocenters. The van der Waals surface area contributed by atoms with E-state index in [9.17, 15) is 4.79 Å². The molecule has 0 aliphatic carbocycles. The Kier molecular flexibility index (Phi) is 6.69. The fourth-order valence-electron chi connectivity index (χ4n) is 0.754. The number of rotatable bonds is 4. The van der Waals surface area contributed by atoms with Crippen LogP contribution in [0.5, 0.6) is 0 Å². The van der Waals surface area contributed by atoms with Crippen molar-refractivity contribution < 1.29 is 9.53 Å². The minimum absolute atomic E-state index is 0.0173. The molecule has 0 saturated heterocycles. The summed E-state index contributed by atoms with van der Waals surface area (Å²) in [6, 6.07) is 0. The highest BCUT2D eigenvalue weighted by molar-refractivity contribution is 5.95. The van der Waals surface area contributed by atoms with Crippen molar-refractivity contribution >= 4 is 17.9 Å². The standard InChI is InChI=1S/C8H17N5O2/c1-3-15-6(14)4-5-12-8(10)13-7(9)11-2/h3-5H2,1-2H3,(H5,9,10,11,12,13). The maximum atomic E-state index is 10.9. The fourth-order valence-corrected chi connectivity index (χ4v) is 0.754. The van der Waals surface area contributed by atoms with E-state index in [1.807, 2.05) is 0 Å². The minimum Gasteiger partial charge on any atom is -0.466 e. The van der Waals surface area contributed by atoms with E-state index >= 15 is 0 Å². The van der Waals surface area contributed by atoms with Crippen LogP contribution in [0.1, 0.15) is 13.3 Å². The van der Waals surface area contributed by atoms with Gasteiger partial charge in [-0.1, -0.05) is 0 Å². The molecule has 0 aromatic heterocycles. The van der Waals surface area contributed by atoms with Crippen LogP contribution in [0.2, 0.25) is 0 Å². The van der Waals surface area contributed by atoms with Crippen molar-refractivity contribution in [3.8, 4) is 0 Å². The van der Waals surface area contributed by atoms with Crippen molar-refractivity contribution in [2.45, 2.75) is 13.3 Å². The van der Waals surface area contributed by atoms with Gasteiger partial charge in [-0.05, 0) is 6.92 Å². The topological polar surface area (TPSA) is 110 Å². The van der Waals surface area contributed by atoms with Crippen LogP contribution in [0, 0.1) is 10.8 Å². The Morgan fingerprint density at radius 3 is 2.53 bits per heavy atom. The summed E-state index contributed by atoms with van der Waals surface area (Å²) in [6.45, 7) is 2.41. The zero-order chi connectivity index (χ0) is 11.7. The Morgan fingerprint density at radius 1 is 1.33 bits per heavy atom. The molecule has 0 atom stereocenters. The summed E-state index contributed by atoms with van der Waals surface area (Å²) in [7, 11) is 1.57. The van der Waals surface area contributed by atoms with Gasteiger partial charge < -0.3 is 15.4 Å². The molecule has 0 aromatic rings. The van der Waals surface area contributed by atoms with Crippen LogP contribution >= 0.6 is 0 Å². The summed E-state index contributed by atoms with van der Waals surface area (Å²) in [6.07, 6.45) is 0.199. The lowest BCUT2D eigenvalue weighted by Gasteiger charge is -2.09. The average Bonchev–Trinajstić information content (AvgIpc) is 2.18. The van der Waals surface area contributed by atoms with Crippen LogP contribution in [0.3, 0.4) is 0 Å². The van der Waals surface area contributed by atoms with Gasteiger partial charge in [0.05, 0.1) is 13.0 Å². The number of hydrogen-bond donors (Lipinski definition) is 5. The molecule has 0 rings (SSSR count). The number of carbonyl (C=O) groups excluding carboxylic acids is 1. The predicted octanol–water partition coefficient (Wildman–Crippen LogP) is -0.792. The van der Waals surface area contributed by atoms with Gasteiger partial charge in [-0.25, -0.2) is 0 Å². The zero-order valence-electron chi connectivity index (χ0n) is 8.94. The molecule has 0 amide bonds. The first-order chi connectivity index (χ1) is 7.10. The normalized spacial score (nSPS) is 8.93. The molecule has 0 aliphatic rings. The van der Waals surface area contributed by atoms with Crippen LogP contribution < -0.4 is 16.0 Å². The monoisotopic (exact) mass is 215 g/mol. The Balaban J connectivity index is 3.55. The second-order valence-corrected chi connectivity index (χ2v) is 2.61. The maximum Gasteiger partial charge on any atom is 0.307 e. The molecule has 7 heteroatoms. The number of ether oxygens (including phenoxy) is 1. The minimum atomic E-state index is -0.304. The molecule has 7 nitrogen and oxygen atoms in total. The highest BCUT2D eigenvalue weighted by Gasteiger charge is 2.02. The maximum absolute atomic E-state index is 10.9. The van der Waals surface area contributed by atoms with Gasteiger partial charge in [-0.15, -0.1) is 0 Å². The van der Waals surface area contributed by atoms with Crippen molar-refractivity contribution in [1.29, 1.82) is 10.8 Å². The van der Waals surface area contributed by atoms with Gasteiger partial charge in [-0.3, -0.25) is 20.9 Å². The predicted molar refractivity (Wildman–Crippen MR) is 56.9 cm³/mol. The molecule has 0 radical (unpaired) electrons. The third kappa shape index (κ3) is 7.29. The van der Waals surface area contributed by atoms with E-state index in [0.717, 1.165) is 0 Å². The second kappa shape index (κ2) is 7.60. The third-order valence-electron chi connectivity index (χ3n) is 1.44. The summed E-state index contributed by atoms with van der Waals surface area (Å²) in [5.74, 6) is -0.316. The van der Waals surface area contributed by atoms with Crippen molar-refractivity contribution in [2.75, 3.05) is 20.2 Å². The first-order valence-corrected chi connectivity index (χ1v) is 4.61. The summed E-state index contributed by atoms with van der Waals surface area (Å²) in [5.41, 5.74) is 0. The molecule has 0 aliphatic heterocycles. The van der Waals surface area contributed by atoms with Gasteiger partial charge in [0.15, 0.2) is 11.9 Å². The molecule has 86 valence electrons. The third-order valence-corrected chi connectivity index (χ3v) is 1.44. The lowest BCUT2D eigenvalue weighted by molar-refractivity contribution is -0.142. The van der Waals surface area contributed by atoms with E-state index in [0.29, 0.717) is 13.2 Å². The van der Waals surface area contributed by atoms with E-state index in [2.05, 4.69) is 16.0 Å².